The lowest BCUT2D eigenvalue weighted by Gasteiger charge is -2.09. The van der Waals surface area contributed by atoms with Crippen LogP contribution in [0.25, 0.3) is 22.7 Å². The average Bonchev–Trinajstić information content (AvgIpc) is 3.04. The van der Waals surface area contributed by atoms with Gasteiger partial charge in [-0.2, -0.15) is 5.26 Å². The Bertz CT molecular complexity index is 902. The number of methoxy groups -OCH3 is 1. The lowest BCUT2D eigenvalue weighted by Crippen LogP contribution is -1.95. The molecule has 0 saturated heterocycles. The third-order valence-electron chi connectivity index (χ3n) is 3.56. The highest BCUT2D eigenvalue weighted by atomic mass is 16.5. The third-order valence-corrected chi connectivity index (χ3v) is 3.56. The summed E-state index contributed by atoms with van der Waals surface area (Å²) in [6.45, 7) is 2.48. The molecule has 120 valence electrons. The standard InChI is InChI=1S/C19H17N3O2/c1-3-24-17-9-8-13(11-18(17)23-2)10-14(12-20)19-21-15-6-4-5-7-16(15)22-19/h4-11H,3H2,1-2H3,(H,21,22). The van der Waals surface area contributed by atoms with Crippen molar-refractivity contribution in [2.24, 2.45) is 0 Å². The van der Waals surface area contributed by atoms with Crippen LogP contribution in [0.2, 0.25) is 0 Å². The number of imidazole rings is 1. The highest BCUT2D eigenvalue weighted by molar-refractivity contribution is 5.90. The predicted octanol–water partition coefficient (Wildman–Crippen LogP) is 4.03. The lowest BCUT2D eigenvalue weighted by molar-refractivity contribution is 0.311. The summed E-state index contributed by atoms with van der Waals surface area (Å²) in [5.74, 6) is 1.86. The largest absolute Gasteiger partial charge is 0.493 e. The first-order valence-electron chi connectivity index (χ1n) is 7.63. The second-order valence-corrected chi connectivity index (χ2v) is 5.12. The van der Waals surface area contributed by atoms with E-state index < -0.39 is 0 Å². The first kappa shape index (κ1) is 15.6. The van der Waals surface area contributed by atoms with Crippen molar-refractivity contribution in [1.29, 1.82) is 5.26 Å². The first-order chi connectivity index (χ1) is 11.7. The van der Waals surface area contributed by atoms with Gasteiger partial charge < -0.3 is 14.5 Å². The second kappa shape index (κ2) is 6.88. The predicted molar refractivity (Wildman–Crippen MR) is 93.7 cm³/mol. The van der Waals surface area contributed by atoms with Gasteiger partial charge in [-0.3, -0.25) is 0 Å². The van der Waals surface area contributed by atoms with Crippen molar-refractivity contribution in [3.05, 3.63) is 53.9 Å². The van der Waals surface area contributed by atoms with Crippen LogP contribution in [-0.2, 0) is 0 Å². The van der Waals surface area contributed by atoms with Gasteiger partial charge in [0.1, 0.15) is 11.9 Å². The van der Waals surface area contributed by atoms with Gasteiger partial charge >= 0.3 is 0 Å². The van der Waals surface area contributed by atoms with Crippen LogP contribution in [0.3, 0.4) is 0 Å². The van der Waals surface area contributed by atoms with Gasteiger partial charge in [-0.05, 0) is 42.8 Å². The van der Waals surface area contributed by atoms with E-state index in [-0.39, 0.29) is 0 Å². The van der Waals surface area contributed by atoms with Gasteiger partial charge in [-0.1, -0.05) is 18.2 Å². The van der Waals surface area contributed by atoms with Crippen molar-refractivity contribution in [2.75, 3.05) is 13.7 Å². The maximum absolute atomic E-state index is 9.50. The minimum atomic E-state index is 0.456. The summed E-state index contributed by atoms with van der Waals surface area (Å²) in [6, 6.07) is 15.4. The van der Waals surface area contributed by atoms with Gasteiger partial charge in [0.25, 0.3) is 0 Å². The van der Waals surface area contributed by atoms with E-state index in [0.717, 1.165) is 16.6 Å². The molecule has 2 aromatic carbocycles. The molecule has 5 heteroatoms. The molecule has 0 atom stereocenters. The molecule has 0 bridgehead atoms. The van der Waals surface area contributed by atoms with Gasteiger partial charge in [0.2, 0.25) is 0 Å². The fourth-order valence-corrected chi connectivity index (χ4v) is 2.45. The van der Waals surface area contributed by atoms with Crippen LogP contribution in [0.1, 0.15) is 18.3 Å². The highest BCUT2D eigenvalue weighted by Gasteiger charge is 2.09. The van der Waals surface area contributed by atoms with Gasteiger partial charge in [0, 0.05) is 0 Å². The van der Waals surface area contributed by atoms with E-state index >= 15 is 0 Å². The summed E-state index contributed by atoms with van der Waals surface area (Å²) in [4.78, 5) is 7.64. The molecule has 0 amide bonds. The Morgan fingerprint density at radius 2 is 2.08 bits per heavy atom. The molecule has 0 aliphatic carbocycles. The van der Waals surface area contributed by atoms with Gasteiger partial charge in [-0.25, -0.2) is 4.98 Å². The number of rotatable bonds is 5. The number of ether oxygens (including phenoxy) is 2. The molecule has 0 radical (unpaired) electrons. The Hall–Kier alpha value is -3.26. The third kappa shape index (κ3) is 3.08. The van der Waals surface area contributed by atoms with E-state index in [1.165, 1.54) is 0 Å². The second-order valence-electron chi connectivity index (χ2n) is 5.12. The zero-order chi connectivity index (χ0) is 16.9. The molecule has 24 heavy (non-hydrogen) atoms. The van der Waals surface area contributed by atoms with E-state index in [1.807, 2.05) is 49.4 Å². The number of hydrogen-bond donors (Lipinski definition) is 1. The van der Waals surface area contributed by atoms with Crippen molar-refractivity contribution in [2.45, 2.75) is 6.92 Å². The number of nitrogens with one attached hydrogen (secondary N) is 1. The maximum atomic E-state index is 9.50. The number of fused-ring (bicyclic) bond motifs is 1. The van der Waals surface area contributed by atoms with Crippen LogP contribution in [0, 0.1) is 11.3 Å². The summed E-state index contributed by atoms with van der Waals surface area (Å²) >= 11 is 0. The minimum absolute atomic E-state index is 0.456. The maximum Gasteiger partial charge on any atom is 0.161 e. The number of aromatic amines is 1. The average molecular weight is 319 g/mol. The number of para-hydroxylation sites is 2. The van der Waals surface area contributed by atoms with Crippen molar-refractivity contribution in [3.8, 4) is 17.6 Å². The monoisotopic (exact) mass is 319 g/mol. The molecule has 1 heterocycles. The molecular formula is C19H17N3O2. The van der Waals surface area contributed by atoms with E-state index in [2.05, 4.69) is 16.0 Å². The van der Waals surface area contributed by atoms with E-state index in [9.17, 15) is 5.26 Å². The molecule has 3 rings (SSSR count). The lowest BCUT2D eigenvalue weighted by atomic mass is 10.1. The van der Waals surface area contributed by atoms with E-state index in [0.29, 0.717) is 29.5 Å². The quantitative estimate of drug-likeness (QED) is 0.721. The van der Waals surface area contributed by atoms with Crippen LogP contribution in [0.5, 0.6) is 11.5 Å². The smallest absolute Gasteiger partial charge is 0.161 e. The van der Waals surface area contributed by atoms with Gasteiger partial charge in [0.15, 0.2) is 11.5 Å². The van der Waals surface area contributed by atoms with Crippen molar-refractivity contribution in [3.63, 3.8) is 0 Å². The summed E-state index contributed by atoms with van der Waals surface area (Å²) in [5, 5.41) is 9.50. The molecular weight excluding hydrogens is 302 g/mol. The number of benzene rings is 2. The Labute approximate surface area is 140 Å². The molecule has 3 aromatic rings. The van der Waals surface area contributed by atoms with Crippen LogP contribution >= 0.6 is 0 Å². The number of aromatic nitrogens is 2. The molecule has 1 N–H and O–H groups in total. The van der Waals surface area contributed by atoms with Crippen molar-refractivity contribution < 1.29 is 9.47 Å². The van der Waals surface area contributed by atoms with Crippen LogP contribution in [0.4, 0.5) is 0 Å². The Balaban J connectivity index is 2.00. The van der Waals surface area contributed by atoms with Crippen LogP contribution < -0.4 is 9.47 Å². The Morgan fingerprint density at radius 1 is 1.25 bits per heavy atom. The fraction of sp³-hybridized carbons (Fsp3) is 0.158. The summed E-state index contributed by atoms with van der Waals surface area (Å²) in [6.07, 6.45) is 1.77. The SMILES string of the molecule is CCOc1ccc(C=C(C#N)c2nc3ccccc3[nH]2)cc1OC. The molecule has 0 aliphatic rings. The zero-order valence-corrected chi connectivity index (χ0v) is 13.5. The van der Waals surface area contributed by atoms with Crippen LogP contribution in [-0.4, -0.2) is 23.7 Å². The normalized spacial score (nSPS) is 11.3. The molecule has 1 aromatic heterocycles. The topological polar surface area (TPSA) is 70.9 Å². The first-order valence-corrected chi connectivity index (χ1v) is 7.63. The Kier molecular flexibility index (Phi) is 4.48. The summed E-state index contributed by atoms with van der Waals surface area (Å²) in [5.41, 5.74) is 3.03. The zero-order valence-electron chi connectivity index (χ0n) is 13.5. The van der Waals surface area contributed by atoms with Gasteiger partial charge in [0.05, 0.1) is 30.3 Å². The molecule has 0 saturated carbocycles. The summed E-state index contributed by atoms with van der Waals surface area (Å²) < 4.78 is 10.9. The number of nitriles is 1. The van der Waals surface area contributed by atoms with E-state index in [1.54, 1.807) is 13.2 Å². The molecule has 0 fully saturated rings. The molecule has 0 unspecified atom stereocenters. The summed E-state index contributed by atoms with van der Waals surface area (Å²) in [7, 11) is 1.59. The van der Waals surface area contributed by atoms with Crippen molar-refractivity contribution >= 4 is 22.7 Å². The van der Waals surface area contributed by atoms with Crippen molar-refractivity contribution in [1.82, 2.24) is 9.97 Å². The molecule has 0 spiro atoms. The minimum Gasteiger partial charge on any atom is -0.493 e. The molecule has 0 aliphatic heterocycles. The number of hydrogen-bond acceptors (Lipinski definition) is 4. The number of allylic oxidation sites excluding steroid dienone is 1. The molecule has 5 nitrogen and oxygen atoms in total. The van der Waals surface area contributed by atoms with Gasteiger partial charge in [-0.15, -0.1) is 0 Å². The fourth-order valence-electron chi connectivity index (χ4n) is 2.45. The number of H-pyrrole nitrogens is 1. The van der Waals surface area contributed by atoms with E-state index in [4.69, 9.17) is 9.47 Å². The number of nitrogens with zero attached hydrogens (tertiary/aromatic N) is 2. The highest BCUT2D eigenvalue weighted by Crippen LogP contribution is 2.29. The van der Waals surface area contributed by atoms with Crippen LogP contribution in [0.15, 0.2) is 42.5 Å². The Morgan fingerprint density at radius 3 is 2.79 bits per heavy atom.